The van der Waals surface area contributed by atoms with E-state index in [0.29, 0.717) is 0 Å². The first kappa shape index (κ1) is 8.80. The van der Waals surface area contributed by atoms with Gasteiger partial charge in [0.05, 0.1) is 5.92 Å². The molecule has 0 aromatic rings. The van der Waals surface area contributed by atoms with Crippen molar-refractivity contribution in [3.8, 4) is 0 Å². The quantitative estimate of drug-likeness (QED) is 0.644. The molecule has 0 amide bonds. The topological polar surface area (TPSA) is 49.3 Å². The molecule has 4 atom stereocenters. The fraction of sp³-hybridized carbons (Fsp3) is 0.857. The van der Waals surface area contributed by atoms with Crippen LogP contribution in [0.4, 0.5) is 13.2 Å². The minimum absolute atomic E-state index is 0.101. The first-order valence-electron chi connectivity index (χ1n) is 3.97. The molecule has 1 aliphatic carbocycles. The van der Waals surface area contributed by atoms with Gasteiger partial charge in [-0.1, -0.05) is 0 Å². The van der Waals surface area contributed by atoms with Crippen LogP contribution in [0.15, 0.2) is 0 Å². The second-order valence-electron chi connectivity index (χ2n) is 3.55. The summed E-state index contributed by atoms with van der Waals surface area (Å²) in [6, 6.07) is -1.44. The SMILES string of the molecule is O=C(O)[C@@H]1C[C@@H]2[C@@H](N1)[C@H]2C(F)(F)F. The van der Waals surface area contributed by atoms with E-state index in [9.17, 15) is 18.0 Å². The van der Waals surface area contributed by atoms with Gasteiger partial charge in [0, 0.05) is 6.04 Å². The second-order valence-corrected chi connectivity index (χ2v) is 3.55. The van der Waals surface area contributed by atoms with Crippen molar-refractivity contribution in [3.63, 3.8) is 0 Å². The van der Waals surface area contributed by atoms with Crippen LogP contribution in [0.25, 0.3) is 0 Å². The summed E-state index contributed by atoms with van der Waals surface area (Å²) in [5, 5.41) is 11.0. The monoisotopic (exact) mass is 195 g/mol. The van der Waals surface area contributed by atoms with Gasteiger partial charge in [-0.3, -0.25) is 4.79 Å². The highest BCUT2D eigenvalue weighted by Crippen LogP contribution is 2.55. The highest BCUT2D eigenvalue weighted by molar-refractivity contribution is 5.74. The molecule has 13 heavy (non-hydrogen) atoms. The summed E-state index contributed by atoms with van der Waals surface area (Å²) in [6.07, 6.45) is -4.07. The summed E-state index contributed by atoms with van der Waals surface area (Å²) in [4.78, 5) is 10.4. The van der Waals surface area contributed by atoms with Crippen molar-refractivity contribution >= 4 is 5.97 Å². The molecule has 0 bridgehead atoms. The minimum atomic E-state index is -4.17. The number of hydrogen-bond acceptors (Lipinski definition) is 2. The highest BCUT2D eigenvalue weighted by Gasteiger charge is 2.68. The predicted molar refractivity (Wildman–Crippen MR) is 36.0 cm³/mol. The van der Waals surface area contributed by atoms with Crippen LogP contribution >= 0.6 is 0 Å². The number of aliphatic carboxylic acids is 1. The Labute approximate surface area is 71.9 Å². The summed E-state index contributed by atoms with van der Waals surface area (Å²) in [6.45, 7) is 0. The Balaban J connectivity index is 1.94. The molecule has 2 rings (SSSR count). The molecule has 2 aliphatic rings. The van der Waals surface area contributed by atoms with Crippen LogP contribution in [-0.2, 0) is 4.79 Å². The number of alkyl halides is 3. The van der Waals surface area contributed by atoms with Crippen molar-refractivity contribution in [3.05, 3.63) is 0 Å². The zero-order chi connectivity index (χ0) is 9.80. The van der Waals surface area contributed by atoms with E-state index in [4.69, 9.17) is 5.11 Å². The van der Waals surface area contributed by atoms with Crippen LogP contribution in [0, 0.1) is 11.8 Å². The molecule has 0 aromatic heterocycles. The van der Waals surface area contributed by atoms with E-state index in [-0.39, 0.29) is 6.42 Å². The number of rotatable bonds is 1. The maximum atomic E-state index is 12.1. The molecule has 2 N–H and O–H groups in total. The number of nitrogens with one attached hydrogen (secondary N) is 1. The van der Waals surface area contributed by atoms with Crippen molar-refractivity contribution in [1.82, 2.24) is 5.32 Å². The van der Waals surface area contributed by atoms with E-state index < -0.39 is 36.1 Å². The minimum Gasteiger partial charge on any atom is -0.480 e. The molecular weight excluding hydrogens is 187 g/mol. The third-order valence-corrected chi connectivity index (χ3v) is 2.75. The Bertz CT molecular complexity index is 241. The van der Waals surface area contributed by atoms with Gasteiger partial charge in [-0.2, -0.15) is 13.2 Å². The van der Waals surface area contributed by atoms with Crippen LogP contribution in [0.3, 0.4) is 0 Å². The molecule has 1 heterocycles. The summed E-state index contributed by atoms with van der Waals surface area (Å²) in [7, 11) is 0. The lowest BCUT2D eigenvalue weighted by molar-refractivity contribution is -0.157. The molecule has 3 nitrogen and oxygen atoms in total. The maximum absolute atomic E-state index is 12.1. The summed E-state index contributed by atoms with van der Waals surface area (Å²) < 4.78 is 36.3. The average molecular weight is 195 g/mol. The van der Waals surface area contributed by atoms with Crippen LogP contribution in [-0.4, -0.2) is 29.3 Å². The van der Waals surface area contributed by atoms with Crippen LogP contribution in [0.1, 0.15) is 6.42 Å². The molecule has 1 aliphatic heterocycles. The number of hydrogen-bond donors (Lipinski definition) is 2. The first-order valence-corrected chi connectivity index (χ1v) is 3.97. The van der Waals surface area contributed by atoms with Crippen LogP contribution in [0.2, 0.25) is 0 Å². The highest BCUT2D eigenvalue weighted by atomic mass is 19.4. The molecule has 74 valence electrons. The molecule has 2 fully saturated rings. The molecule has 1 saturated carbocycles. The zero-order valence-electron chi connectivity index (χ0n) is 6.51. The first-order chi connectivity index (χ1) is 5.91. The molecule has 0 spiro atoms. The van der Waals surface area contributed by atoms with Crippen LogP contribution < -0.4 is 5.32 Å². The molecule has 0 unspecified atom stereocenters. The van der Waals surface area contributed by atoms with E-state index >= 15 is 0 Å². The summed E-state index contributed by atoms with van der Waals surface area (Å²) in [5.74, 6) is -2.89. The Morgan fingerprint density at radius 2 is 2.08 bits per heavy atom. The third kappa shape index (κ3) is 1.29. The number of carboxylic acids is 1. The predicted octanol–water partition coefficient (Wildman–Crippen LogP) is 0.610. The van der Waals surface area contributed by atoms with Crippen LogP contribution in [0.5, 0.6) is 0 Å². The fourth-order valence-electron chi connectivity index (χ4n) is 2.09. The van der Waals surface area contributed by atoms with E-state index in [1.54, 1.807) is 0 Å². The molecule has 0 radical (unpaired) electrons. The van der Waals surface area contributed by atoms with Crippen molar-refractivity contribution in [2.75, 3.05) is 0 Å². The lowest BCUT2D eigenvalue weighted by Crippen LogP contribution is -2.37. The standard InChI is InChI=1S/C7H8F3NO2/c8-7(9,10)4-2-1-3(6(12)13)11-5(2)4/h2-5,11H,1H2,(H,12,13)/t2-,3-,4-,5+/m0/s1. The van der Waals surface area contributed by atoms with Crippen molar-refractivity contribution in [1.29, 1.82) is 0 Å². The van der Waals surface area contributed by atoms with E-state index in [0.717, 1.165) is 0 Å². The van der Waals surface area contributed by atoms with E-state index in [1.807, 2.05) is 0 Å². The van der Waals surface area contributed by atoms with Crippen molar-refractivity contribution in [2.24, 2.45) is 11.8 Å². The number of carbonyl (C=O) groups is 1. The molecule has 1 saturated heterocycles. The number of carboxylic acid groups (broad SMARTS) is 1. The zero-order valence-corrected chi connectivity index (χ0v) is 6.51. The maximum Gasteiger partial charge on any atom is 0.393 e. The lowest BCUT2D eigenvalue weighted by atomic mass is 10.1. The molecular formula is C7H8F3NO2. The van der Waals surface area contributed by atoms with E-state index in [2.05, 4.69) is 5.32 Å². The molecule has 0 aromatic carbocycles. The van der Waals surface area contributed by atoms with Gasteiger partial charge >= 0.3 is 12.1 Å². The van der Waals surface area contributed by atoms with Gasteiger partial charge in [0.25, 0.3) is 0 Å². The number of halogens is 3. The Hall–Kier alpha value is -0.780. The third-order valence-electron chi connectivity index (χ3n) is 2.75. The van der Waals surface area contributed by atoms with Gasteiger partial charge in [-0.25, -0.2) is 0 Å². The molecule has 6 heteroatoms. The Morgan fingerprint density at radius 1 is 1.46 bits per heavy atom. The normalized spacial score (nSPS) is 43.0. The van der Waals surface area contributed by atoms with Gasteiger partial charge in [-0.15, -0.1) is 0 Å². The van der Waals surface area contributed by atoms with E-state index in [1.165, 1.54) is 0 Å². The summed E-state index contributed by atoms with van der Waals surface area (Å²) in [5.41, 5.74) is 0. The van der Waals surface area contributed by atoms with Gasteiger partial charge in [0.1, 0.15) is 6.04 Å². The number of piperidine rings is 1. The van der Waals surface area contributed by atoms with Gasteiger partial charge in [0.2, 0.25) is 0 Å². The van der Waals surface area contributed by atoms with Gasteiger partial charge < -0.3 is 10.4 Å². The largest absolute Gasteiger partial charge is 0.480 e. The second kappa shape index (κ2) is 2.37. The lowest BCUT2D eigenvalue weighted by Gasteiger charge is -2.12. The van der Waals surface area contributed by atoms with Gasteiger partial charge in [0.15, 0.2) is 0 Å². The fourth-order valence-corrected chi connectivity index (χ4v) is 2.09. The Kier molecular flexibility index (Phi) is 1.61. The summed E-state index contributed by atoms with van der Waals surface area (Å²) >= 11 is 0. The average Bonchev–Trinajstić information content (AvgIpc) is 2.48. The van der Waals surface area contributed by atoms with Gasteiger partial charge in [-0.05, 0) is 12.3 Å². The number of fused-ring (bicyclic) bond motifs is 1. The smallest absolute Gasteiger partial charge is 0.393 e. The van der Waals surface area contributed by atoms with Crippen molar-refractivity contribution < 1.29 is 23.1 Å². The Morgan fingerprint density at radius 3 is 2.38 bits per heavy atom. The van der Waals surface area contributed by atoms with Crippen molar-refractivity contribution in [2.45, 2.75) is 24.7 Å².